The van der Waals surface area contributed by atoms with Crippen molar-refractivity contribution in [1.82, 2.24) is 0 Å². The van der Waals surface area contributed by atoms with Crippen LogP contribution in [-0.2, 0) is 11.6 Å². The van der Waals surface area contributed by atoms with Crippen LogP contribution in [0, 0.1) is 0 Å². The van der Waals surface area contributed by atoms with Crippen molar-refractivity contribution in [2.45, 2.75) is 43.7 Å². The van der Waals surface area contributed by atoms with Gasteiger partial charge in [0.05, 0.1) is 5.56 Å². The lowest BCUT2D eigenvalue weighted by Gasteiger charge is -2.39. The lowest BCUT2D eigenvalue weighted by molar-refractivity contribution is -0.137. The Balaban J connectivity index is 2.57. The molecule has 1 fully saturated rings. The Bertz CT molecular complexity index is 489. The SMILES string of the molecule is CN(C)c1ccc(C(F)(F)F)cc1C1(CN)CCCCC1. The number of nitrogens with zero attached hydrogens (tertiary/aromatic N) is 1. The molecule has 5 heteroatoms. The Labute approximate surface area is 124 Å². The Morgan fingerprint density at radius 1 is 1.14 bits per heavy atom. The van der Waals surface area contributed by atoms with Crippen LogP contribution < -0.4 is 10.6 Å². The van der Waals surface area contributed by atoms with Gasteiger partial charge in [0.1, 0.15) is 0 Å². The fourth-order valence-corrected chi connectivity index (χ4v) is 3.34. The zero-order chi connectivity index (χ0) is 15.7. The quantitative estimate of drug-likeness (QED) is 0.916. The fourth-order valence-electron chi connectivity index (χ4n) is 3.34. The zero-order valence-electron chi connectivity index (χ0n) is 12.6. The van der Waals surface area contributed by atoms with Crippen LogP contribution in [0.25, 0.3) is 0 Å². The predicted octanol–water partition coefficient (Wildman–Crippen LogP) is 3.93. The molecule has 1 aromatic carbocycles. The van der Waals surface area contributed by atoms with Gasteiger partial charge in [0, 0.05) is 31.7 Å². The summed E-state index contributed by atoms with van der Waals surface area (Å²) in [6, 6.07) is 4.05. The van der Waals surface area contributed by atoms with Gasteiger partial charge in [-0.2, -0.15) is 13.2 Å². The van der Waals surface area contributed by atoms with Gasteiger partial charge >= 0.3 is 6.18 Å². The van der Waals surface area contributed by atoms with Gasteiger partial charge in [0.25, 0.3) is 0 Å². The molecule has 118 valence electrons. The van der Waals surface area contributed by atoms with E-state index in [9.17, 15) is 13.2 Å². The van der Waals surface area contributed by atoms with Gasteiger partial charge in [-0.15, -0.1) is 0 Å². The summed E-state index contributed by atoms with van der Waals surface area (Å²) < 4.78 is 39.2. The highest BCUT2D eigenvalue weighted by Crippen LogP contribution is 2.44. The number of alkyl halides is 3. The molecule has 0 amide bonds. The molecule has 1 aliphatic rings. The fraction of sp³-hybridized carbons (Fsp3) is 0.625. The van der Waals surface area contributed by atoms with Gasteiger partial charge in [-0.25, -0.2) is 0 Å². The molecule has 0 atom stereocenters. The Morgan fingerprint density at radius 2 is 1.76 bits per heavy atom. The first-order valence-corrected chi connectivity index (χ1v) is 7.39. The summed E-state index contributed by atoms with van der Waals surface area (Å²) in [7, 11) is 3.72. The first kappa shape index (κ1) is 16.1. The maximum atomic E-state index is 13.1. The van der Waals surface area contributed by atoms with Crippen molar-refractivity contribution in [1.29, 1.82) is 0 Å². The van der Waals surface area contributed by atoms with Crippen LogP contribution in [-0.4, -0.2) is 20.6 Å². The third kappa shape index (κ3) is 3.18. The number of hydrogen-bond acceptors (Lipinski definition) is 2. The Kier molecular flexibility index (Phi) is 4.51. The average molecular weight is 300 g/mol. The second-order valence-electron chi connectivity index (χ2n) is 6.17. The maximum absolute atomic E-state index is 13.1. The predicted molar refractivity (Wildman–Crippen MR) is 79.6 cm³/mol. The Hall–Kier alpha value is -1.23. The summed E-state index contributed by atoms with van der Waals surface area (Å²) in [5.74, 6) is 0. The average Bonchev–Trinajstić information content (AvgIpc) is 2.46. The number of benzene rings is 1. The highest BCUT2D eigenvalue weighted by Gasteiger charge is 2.38. The number of anilines is 1. The van der Waals surface area contributed by atoms with Crippen LogP contribution in [0.1, 0.15) is 43.2 Å². The molecule has 0 aliphatic heterocycles. The van der Waals surface area contributed by atoms with Crippen LogP contribution in [0.4, 0.5) is 18.9 Å². The van der Waals surface area contributed by atoms with Gasteiger partial charge in [0.2, 0.25) is 0 Å². The zero-order valence-corrected chi connectivity index (χ0v) is 12.6. The molecule has 2 nitrogen and oxygen atoms in total. The van der Waals surface area contributed by atoms with Crippen molar-refractivity contribution < 1.29 is 13.2 Å². The highest BCUT2D eigenvalue weighted by molar-refractivity contribution is 5.58. The first-order valence-electron chi connectivity index (χ1n) is 7.39. The van der Waals surface area contributed by atoms with Crippen LogP contribution in [0.2, 0.25) is 0 Å². The van der Waals surface area contributed by atoms with E-state index >= 15 is 0 Å². The molecular weight excluding hydrogens is 277 g/mol. The molecule has 1 aromatic rings. The summed E-state index contributed by atoms with van der Waals surface area (Å²) >= 11 is 0. The number of hydrogen-bond donors (Lipinski definition) is 1. The van der Waals surface area contributed by atoms with E-state index in [1.54, 1.807) is 6.07 Å². The van der Waals surface area contributed by atoms with E-state index < -0.39 is 11.7 Å². The van der Waals surface area contributed by atoms with Crippen LogP contribution in [0.15, 0.2) is 18.2 Å². The molecule has 0 aromatic heterocycles. The van der Waals surface area contributed by atoms with Gasteiger partial charge in [-0.3, -0.25) is 0 Å². The van der Waals surface area contributed by atoms with Crippen molar-refractivity contribution in [3.05, 3.63) is 29.3 Å². The number of nitrogens with two attached hydrogens (primary N) is 1. The molecule has 2 N–H and O–H groups in total. The standard InChI is InChI=1S/C16H23F3N2/c1-21(2)14-7-6-12(16(17,18)19)10-13(14)15(11-20)8-4-3-5-9-15/h6-7,10H,3-5,8-9,11,20H2,1-2H3. The molecular formula is C16H23F3N2. The van der Waals surface area contributed by atoms with Crippen molar-refractivity contribution >= 4 is 5.69 Å². The summed E-state index contributed by atoms with van der Waals surface area (Å²) in [6.45, 7) is 0.398. The second kappa shape index (κ2) is 5.87. The van der Waals surface area contributed by atoms with Crippen LogP contribution >= 0.6 is 0 Å². The molecule has 21 heavy (non-hydrogen) atoms. The molecule has 0 saturated heterocycles. The van der Waals surface area contributed by atoms with Gasteiger partial charge in [0.15, 0.2) is 0 Å². The topological polar surface area (TPSA) is 29.3 Å². The largest absolute Gasteiger partial charge is 0.416 e. The van der Waals surface area contributed by atoms with Gasteiger partial charge < -0.3 is 10.6 Å². The summed E-state index contributed by atoms with van der Waals surface area (Å²) in [5, 5.41) is 0. The minimum Gasteiger partial charge on any atom is -0.377 e. The third-order valence-corrected chi connectivity index (χ3v) is 4.58. The highest BCUT2D eigenvalue weighted by atomic mass is 19.4. The van der Waals surface area contributed by atoms with Gasteiger partial charge in [-0.05, 0) is 36.6 Å². The molecule has 0 unspecified atom stereocenters. The monoisotopic (exact) mass is 300 g/mol. The minimum absolute atomic E-state index is 0.320. The van der Waals surface area contributed by atoms with Crippen molar-refractivity contribution in [2.75, 3.05) is 25.5 Å². The van der Waals surface area contributed by atoms with Crippen LogP contribution in [0.3, 0.4) is 0 Å². The molecule has 2 rings (SSSR count). The molecule has 0 heterocycles. The summed E-state index contributed by atoms with van der Waals surface area (Å²) in [4.78, 5) is 1.88. The van der Waals surface area contributed by atoms with Crippen molar-refractivity contribution in [3.8, 4) is 0 Å². The molecule has 1 aliphatic carbocycles. The second-order valence-corrected chi connectivity index (χ2v) is 6.17. The molecule has 1 saturated carbocycles. The summed E-state index contributed by atoms with van der Waals surface area (Å²) in [6.07, 6.45) is 0.611. The first-order chi connectivity index (χ1) is 9.80. The molecule has 0 spiro atoms. The number of halogens is 3. The van der Waals surface area contributed by atoms with Gasteiger partial charge in [-0.1, -0.05) is 19.3 Å². The molecule has 0 radical (unpaired) electrons. The van der Waals surface area contributed by atoms with E-state index in [0.717, 1.165) is 49.4 Å². The van der Waals surface area contributed by atoms with E-state index in [2.05, 4.69) is 0 Å². The normalized spacial score (nSPS) is 18.6. The van der Waals surface area contributed by atoms with Crippen molar-refractivity contribution in [3.63, 3.8) is 0 Å². The van der Waals surface area contributed by atoms with E-state index in [1.165, 1.54) is 6.07 Å². The maximum Gasteiger partial charge on any atom is 0.416 e. The van der Waals surface area contributed by atoms with Crippen molar-refractivity contribution in [2.24, 2.45) is 5.73 Å². The third-order valence-electron chi connectivity index (χ3n) is 4.58. The molecule has 0 bridgehead atoms. The lowest BCUT2D eigenvalue weighted by Crippen LogP contribution is -2.38. The van der Waals surface area contributed by atoms with E-state index in [0.29, 0.717) is 6.54 Å². The smallest absolute Gasteiger partial charge is 0.377 e. The minimum atomic E-state index is -4.32. The summed E-state index contributed by atoms with van der Waals surface area (Å²) in [5.41, 5.74) is 6.69. The van der Waals surface area contributed by atoms with E-state index in [4.69, 9.17) is 5.73 Å². The van der Waals surface area contributed by atoms with E-state index in [-0.39, 0.29) is 5.41 Å². The lowest BCUT2D eigenvalue weighted by atomic mass is 9.68. The number of rotatable bonds is 3. The van der Waals surface area contributed by atoms with Crippen LogP contribution in [0.5, 0.6) is 0 Å². The van der Waals surface area contributed by atoms with E-state index in [1.807, 2.05) is 19.0 Å². The Morgan fingerprint density at radius 3 is 2.24 bits per heavy atom.